The van der Waals surface area contributed by atoms with Gasteiger partial charge in [0.1, 0.15) is 0 Å². The normalized spacial score (nSPS) is 10.2. The lowest BCUT2D eigenvalue weighted by Gasteiger charge is -2.13. The van der Waals surface area contributed by atoms with Crippen LogP contribution in [0.3, 0.4) is 0 Å². The van der Waals surface area contributed by atoms with Gasteiger partial charge >= 0.3 is 5.97 Å². The number of nitrogens with one attached hydrogen (secondary N) is 2. The van der Waals surface area contributed by atoms with Crippen molar-refractivity contribution in [1.82, 2.24) is 0 Å². The minimum Gasteiger partial charge on any atom is -0.478 e. The molecule has 0 heterocycles. The number of carboxylic acid groups (broad SMARTS) is 1. The quantitative estimate of drug-likeness (QED) is 0.424. The Hall–Kier alpha value is -3.03. The number of carbonyl (C=O) groups excluding carboxylic acids is 1. The number of rotatable bonds is 6. The van der Waals surface area contributed by atoms with E-state index in [0.29, 0.717) is 27.7 Å². The van der Waals surface area contributed by atoms with E-state index in [9.17, 15) is 9.59 Å². The van der Waals surface area contributed by atoms with E-state index in [2.05, 4.69) is 26.7 Å². The van der Waals surface area contributed by atoms with E-state index in [1.165, 1.54) is 24.3 Å². The van der Waals surface area contributed by atoms with Crippen molar-refractivity contribution in [2.45, 2.75) is 0 Å². The molecule has 6 nitrogen and oxygen atoms in total. The number of carbonyl (C=O) groups is 2. The highest BCUT2D eigenvalue weighted by Crippen LogP contribution is 2.24. The zero-order valence-corrected chi connectivity index (χ0v) is 16.6. The third-order valence-electron chi connectivity index (χ3n) is 3.71. The molecule has 3 rings (SSSR count). The van der Waals surface area contributed by atoms with Crippen LogP contribution in [-0.2, 0) is 0 Å². The molecular weight excluding hydrogens is 448 g/mol. The lowest BCUT2D eigenvalue weighted by Crippen LogP contribution is -2.16. The summed E-state index contributed by atoms with van der Waals surface area (Å²) in [5.74, 6) is -0.884. The summed E-state index contributed by atoms with van der Waals surface area (Å²) in [5, 5.41) is 12.3. The molecule has 142 valence electrons. The molecule has 0 aliphatic rings. The molecule has 0 radical (unpaired) electrons. The fraction of sp³-hybridized carbons (Fsp3) is 0. The Labute approximate surface area is 174 Å². The Morgan fingerprint density at radius 3 is 2.29 bits per heavy atom. The van der Waals surface area contributed by atoms with Crippen molar-refractivity contribution in [3.8, 4) is 5.75 Å². The fourth-order valence-corrected chi connectivity index (χ4v) is 2.79. The van der Waals surface area contributed by atoms with Crippen LogP contribution in [-0.4, -0.2) is 17.0 Å². The van der Waals surface area contributed by atoms with Crippen molar-refractivity contribution in [3.05, 3.63) is 87.4 Å². The molecule has 0 saturated heterocycles. The highest BCUT2D eigenvalue weighted by atomic mass is 79.9. The smallest absolute Gasteiger partial charge is 0.335 e. The first-order valence-corrected chi connectivity index (χ1v) is 9.22. The third kappa shape index (κ3) is 5.03. The van der Waals surface area contributed by atoms with Gasteiger partial charge in [0, 0.05) is 15.2 Å². The molecule has 0 atom stereocenters. The molecular formula is C20H14BrClN2O4. The lowest BCUT2D eigenvalue weighted by molar-refractivity contribution is 0.0696. The highest BCUT2D eigenvalue weighted by Gasteiger charge is 2.14. The standard InChI is InChI=1S/C20H14BrClN2O4/c21-13-3-10-18(24-28-16-8-4-14(22)5-9-16)17(11-13)19(25)23-15-6-1-12(2-7-15)20(26)27/h1-11,24H,(H,23,25)(H,26,27). The van der Waals surface area contributed by atoms with Gasteiger partial charge in [0.05, 0.1) is 16.8 Å². The summed E-state index contributed by atoms with van der Waals surface area (Å²) in [6, 6.07) is 17.8. The van der Waals surface area contributed by atoms with Gasteiger partial charge < -0.3 is 15.3 Å². The van der Waals surface area contributed by atoms with Gasteiger partial charge in [-0.15, -0.1) is 0 Å². The van der Waals surface area contributed by atoms with Gasteiger partial charge in [-0.25, -0.2) is 10.3 Å². The summed E-state index contributed by atoms with van der Waals surface area (Å²) in [6.45, 7) is 0. The molecule has 0 aliphatic carbocycles. The van der Waals surface area contributed by atoms with Crippen molar-refractivity contribution in [1.29, 1.82) is 0 Å². The lowest BCUT2D eigenvalue weighted by atomic mass is 10.1. The summed E-state index contributed by atoms with van der Waals surface area (Å²) in [5.41, 5.74) is 4.17. The van der Waals surface area contributed by atoms with E-state index in [4.69, 9.17) is 21.5 Å². The predicted octanol–water partition coefficient (Wildman–Crippen LogP) is 5.46. The van der Waals surface area contributed by atoms with Crippen LogP contribution in [0.5, 0.6) is 5.75 Å². The summed E-state index contributed by atoms with van der Waals surface area (Å²) >= 11 is 9.20. The van der Waals surface area contributed by atoms with Gasteiger partial charge in [0.2, 0.25) is 0 Å². The molecule has 3 aromatic rings. The van der Waals surface area contributed by atoms with Gasteiger partial charge in [-0.1, -0.05) is 27.5 Å². The third-order valence-corrected chi connectivity index (χ3v) is 4.45. The van der Waals surface area contributed by atoms with Gasteiger partial charge in [-0.2, -0.15) is 0 Å². The van der Waals surface area contributed by atoms with Crippen molar-refractivity contribution in [2.75, 3.05) is 10.8 Å². The van der Waals surface area contributed by atoms with E-state index in [0.717, 1.165) is 4.47 Å². The first-order chi connectivity index (χ1) is 13.4. The van der Waals surface area contributed by atoms with Gasteiger partial charge in [0.25, 0.3) is 5.91 Å². The first-order valence-electron chi connectivity index (χ1n) is 8.05. The maximum absolute atomic E-state index is 12.7. The predicted molar refractivity (Wildman–Crippen MR) is 111 cm³/mol. The Kier molecular flexibility index (Phi) is 6.18. The number of halogens is 2. The number of carboxylic acids is 1. The van der Waals surface area contributed by atoms with Crippen molar-refractivity contribution >= 4 is 50.8 Å². The highest BCUT2D eigenvalue weighted by molar-refractivity contribution is 9.10. The molecule has 1 amide bonds. The van der Waals surface area contributed by atoms with Crippen molar-refractivity contribution in [2.24, 2.45) is 0 Å². The Balaban J connectivity index is 1.76. The number of aromatic carboxylic acids is 1. The van der Waals surface area contributed by atoms with E-state index in [-0.39, 0.29) is 11.5 Å². The van der Waals surface area contributed by atoms with Crippen LogP contribution in [0.15, 0.2) is 71.2 Å². The van der Waals surface area contributed by atoms with E-state index in [1.54, 1.807) is 42.5 Å². The Bertz CT molecular complexity index is 1010. The SMILES string of the molecule is O=C(O)c1ccc(NC(=O)c2cc(Br)ccc2NOc2ccc(Cl)cc2)cc1. The average molecular weight is 462 g/mol. The van der Waals surface area contributed by atoms with Crippen LogP contribution in [0.4, 0.5) is 11.4 Å². The minimum atomic E-state index is -1.03. The number of hydrogen-bond acceptors (Lipinski definition) is 4. The van der Waals surface area contributed by atoms with Gasteiger partial charge in [0.15, 0.2) is 5.75 Å². The van der Waals surface area contributed by atoms with Gasteiger partial charge in [-0.05, 0) is 66.7 Å². The molecule has 0 spiro atoms. The second-order valence-electron chi connectivity index (χ2n) is 5.68. The molecule has 8 heteroatoms. The van der Waals surface area contributed by atoms with Crippen LogP contribution < -0.4 is 15.6 Å². The van der Waals surface area contributed by atoms with E-state index in [1.807, 2.05) is 0 Å². The zero-order chi connectivity index (χ0) is 20.1. The van der Waals surface area contributed by atoms with Crippen molar-refractivity contribution in [3.63, 3.8) is 0 Å². The number of anilines is 2. The average Bonchev–Trinajstić information content (AvgIpc) is 2.68. The van der Waals surface area contributed by atoms with Crippen molar-refractivity contribution < 1.29 is 19.5 Å². The van der Waals surface area contributed by atoms with Crippen LogP contribution in [0.1, 0.15) is 20.7 Å². The largest absolute Gasteiger partial charge is 0.478 e. The second-order valence-corrected chi connectivity index (χ2v) is 7.04. The summed E-state index contributed by atoms with van der Waals surface area (Å²) in [4.78, 5) is 29.1. The van der Waals surface area contributed by atoms with E-state index < -0.39 is 5.97 Å². The monoisotopic (exact) mass is 460 g/mol. The van der Waals surface area contributed by atoms with Crippen LogP contribution >= 0.6 is 27.5 Å². The van der Waals surface area contributed by atoms with Crippen LogP contribution in [0.2, 0.25) is 5.02 Å². The topological polar surface area (TPSA) is 87.7 Å². The molecule has 0 aliphatic heterocycles. The maximum Gasteiger partial charge on any atom is 0.335 e. The molecule has 3 aromatic carbocycles. The second kappa shape index (κ2) is 8.77. The molecule has 0 aromatic heterocycles. The number of hydrogen-bond donors (Lipinski definition) is 3. The summed E-state index contributed by atoms with van der Waals surface area (Å²) in [6.07, 6.45) is 0. The van der Waals surface area contributed by atoms with E-state index >= 15 is 0 Å². The fourth-order valence-electron chi connectivity index (χ4n) is 2.30. The molecule has 0 fully saturated rings. The van der Waals surface area contributed by atoms with Crippen LogP contribution in [0.25, 0.3) is 0 Å². The number of benzene rings is 3. The maximum atomic E-state index is 12.7. The molecule has 0 saturated carbocycles. The Morgan fingerprint density at radius 2 is 1.64 bits per heavy atom. The Morgan fingerprint density at radius 1 is 0.964 bits per heavy atom. The van der Waals surface area contributed by atoms with Crippen LogP contribution in [0, 0.1) is 0 Å². The summed E-state index contributed by atoms with van der Waals surface area (Å²) in [7, 11) is 0. The zero-order valence-electron chi connectivity index (χ0n) is 14.3. The first kappa shape index (κ1) is 19.7. The van der Waals surface area contributed by atoms with Gasteiger partial charge in [-0.3, -0.25) is 4.79 Å². The molecule has 28 heavy (non-hydrogen) atoms. The summed E-state index contributed by atoms with van der Waals surface area (Å²) < 4.78 is 0.718. The molecule has 0 unspecified atom stereocenters. The molecule has 3 N–H and O–H groups in total. The minimum absolute atomic E-state index is 0.138. The molecule has 0 bridgehead atoms. The number of amides is 1.